The van der Waals surface area contributed by atoms with Crippen LogP contribution in [0.15, 0.2) is 71.7 Å². The maximum Gasteiger partial charge on any atom is 0.267 e. The molecule has 0 aliphatic carbocycles. The summed E-state index contributed by atoms with van der Waals surface area (Å²) < 4.78 is 6.60. The van der Waals surface area contributed by atoms with Crippen LogP contribution in [-0.4, -0.2) is 26.8 Å². The molecule has 6 heteroatoms. The Morgan fingerprint density at radius 2 is 1.79 bits per heavy atom. The van der Waals surface area contributed by atoms with Crippen molar-refractivity contribution in [2.24, 2.45) is 0 Å². The number of fused-ring (bicyclic) bond motifs is 1. The van der Waals surface area contributed by atoms with E-state index in [-0.39, 0.29) is 18.7 Å². The number of phenolic OH excluding ortho intramolecular Hbond substituents is 1. The van der Waals surface area contributed by atoms with E-state index in [1.54, 1.807) is 66.9 Å². The molecule has 0 fully saturated rings. The summed E-state index contributed by atoms with van der Waals surface area (Å²) in [5.41, 5.74) is 0.933. The molecule has 0 unspecified atom stereocenters. The van der Waals surface area contributed by atoms with E-state index in [4.69, 9.17) is 4.74 Å². The van der Waals surface area contributed by atoms with E-state index < -0.39 is 0 Å². The van der Waals surface area contributed by atoms with Crippen molar-refractivity contribution in [1.82, 2.24) is 14.5 Å². The van der Waals surface area contributed by atoms with E-state index in [0.29, 0.717) is 33.9 Å². The number of para-hydroxylation sites is 2. The van der Waals surface area contributed by atoms with Gasteiger partial charge in [0.05, 0.1) is 18.0 Å². The lowest BCUT2D eigenvalue weighted by Crippen LogP contribution is -2.23. The van der Waals surface area contributed by atoms with Gasteiger partial charge in [0.1, 0.15) is 11.6 Å². The Morgan fingerprint density at radius 1 is 1.00 bits per heavy atom. The summed E-state index contributed by atoms with van der Waals surface area (Å²) in [5.74, 6) is 1.27. The second-order valence-corrected chi connectivity index (χ2v) is 6.05. The monoisotopic (exact) mass is 387 g/mol. The SMILES string of the molecule is C.COc1cccc(/C=C/c2nc3ccccc3c(=O)n2-c2ccccn2)c1O. The third kappa shape index (κ3) is 3.73. The first-order valence-corrected chi connectivity index (χ1v) is 8.66. The molecule has 0 saturated heterocycles. The van der Waals surface area contributed by atoms with Crippen LogP contribution in [0.1, 0.15) is 18.8 Å². The predicted molar refractivity (Wildman–Crippen MR) is 115 cm³/mol. The molecule has 0 amide bonds. The Morgan fingerprint density at radius 3 is 2.55 bits per heavy atom. The molecule has 0 radical (unpaired) electrons. The van der Waals surface area contributed by atoms with Crippen molar-refractivity contribution in [3.8, 4) is 17.3 Å². The Hall–Kier alpha value is -3.93. The highest BCUT2D eigenvalue weighted by Crippen LogP contribution is 2.30. The molecule has 0 aliphatic rings. The minimum Gasteiger partial charge on any atom is -0.504 e. The topological polar surface area (TPSA) is 77.2 Å². The summed E-state index contributed by atoms with van der Waals surface area (Å²) in [4.78, 5) is 22.0. The van der Waals surface area contributed by atoms with Gasteiger partial charge in [-0.05, 0) is 42.5 Å². The van der Waals surface area contributed by atoms with E-state index in [1.807, 2.05) is 12.1 Å². The number of aromatic hydroxyl groups is 1. The highest BCUT2D eigenvalue weighted by Gasteiger charge is 2.12. The van der Waals surface area contributed by atoms with Crippen molar-refractivity contribution in [3.63, 3.8) is 0 Å². The Bertz CT molecular complexity index is 1230. The number of ether oxygens (including phenoxy) is 1. The fourth-order valence-corrected chi connectivity index (χ4v) is 2.97. The molecule has 1 N–H and O–H groups in total. The van der Waals surface area contributed by atoms with E-state index in [2.05, 4.69) is 9.97 Å². The predicted octanol–water partition coefficient (Wildman–Crippen LogP) is 4.30. The van der Waals surface area contributed by atoms with Crippen molar-refractivity contribution >= 4 is 23.1 Å². The van der Waals surface area contributed by atoms with Gasteiger partial charge in [-0.15, -0.1) is 0 Å². The molecule has 29 heavy (non-hydrogen) atoms. The molecule has 2 heterocycles. The summed E-state index contributed by atoms with van der Waals surface area (Å²) in [5, 5.41) is 10.8. The van der Waals surface area contributed by atoms with E-state index in [9.17, 15) is 9.90 Å². The number of pyridine rings is 1. The zero-order valence-corrected chi connectivity index (χ0v) is 15.1. The first-order valence-electron chi connectivity index (χ1n) is 8.66. The third-order valence-electron chi connectivity index (χ3n) is 4.34. The summed E-state index contributed by atoms with van der Waals surface area (Å²) in [7, 11) is 1.49. The summed E-state index contributed by atoms with van der Waals surface area (Å²) in [6, 6.07) is 17.7. The van der Waals surface area contributed by atoms with Crippen LogP contribution in [0.25, 0.3) is 28.9 Å². The van der Waals surface area contributed by atoms with Gasteiger partial charge < -0.3 is 9.84 Å². The summed E-state index contributed by atoms with van der Waals surface area (Å²) in [6.07, 6.45) is 4.99. The molecule has 4 aromatic rings. The van der Waals surface area contributed by atoms with Gasteiger partial charge in [0.15, 0.2) is 11.5 Å². The van der Waals surface area contributed by atoms with Crippen molar-refractivity contribution in [2.45, 2.75) is 7.43 Å². The molecule has 0 saturated carbocycles. The van der Waals surface area contributed by atoms with Crippen molar-refractivity contribution in [2.75, 3.05) is 7.11 Å². The Labute approximate surface area is 168 Å². The minimum atomic E-state index is -0.209. The van der Waals surface area contributed by atoms with Gasteiger partial charge in [0, 0.05) is 11.8 Å². The molecular weight excluding hydrogens is 366 g/mol. The van der Waals surface area contributed by atoms with Gasteiger partial charge in [0.25, 0.3) is 5.56 Å². The highest BCUT2D eigenvalue weighted by molar-refractivity contribution is 5.80. The number of phenols is 1. The maximum atomic E-state index is 13.1. The molecule has 0 bridgehead atoms. The van der Waals surface area contributed by atoms with E-state index >= 15 is 0 Å². The molecule has 2 aromatic heterocycles. The minimum absolute atomic E-state index is 0. The van der Waals surface area contributed by atoms with Crippen LogP contribution in [-0.2, 0) is 0 Å². The molecule has 0 atom stereocenters. The van der Waals surface area contributed by atoms with Crippen LogP contribution in [0.4, 0.5) is 0 Å². The quantitative estimate of drug-likeness (QED) is 0.565. The van der Waals surface area contributed by atoms with Crippen LogP contribution in [0.3, 0.4) is 0 Å². The smallest absolute Gasteiger partial charge is 0.267 e. The van der Waals surface area contributed by atoms with E-state index in [0.717, 1.165) is 0 Å². The van der Waals surface area contributed by atoms with Crippen LogP contribution in [0, 0.1) is 0 Å². The second-order valence-electron chi connectivity index (χ2n) is 6.05. The fourth-order valence-electron chi connectivity index (χ4n) is 2.97. The Kier molecular flexibility index (Phi) is 5.74. The molecule has 4 rings (SSSR count). The molecule has 0 spiro atoms. The number of hydrogen-bond donors (Lipinski definition) is 1. The van der Waals surface area contributed by atoms with Gasteiger partial charge >= 0.3 is 0 Å². The summed E-state index contributed by atoms with van der Waals surface area (Å²) in [6.45, 7) is 0. The fraction of sp³-hybridized carbons (Fsp3) is 0.0870. The number of hydrogen-bond acceptors (Lipinski definition) is 5. The number of benzene rings is 2. The van der Waals surface area contributed by atoms with Gasteiger partial charge in [-0.1, -0.05) is 37.8 Å². The second kappa shape index (κ2) is 8.39. The van der Waals surface area contributed by atoms with E-state index in [1.165, 1.54) is 11.7 Å². The zero-order chi connectivity index (χ0) is 19.5. The molecular formula is C23H21N3O3. The summed E-state index contributed by atoms with van der Waals surface area (Å²) >= 11 is 0. The number of nitrogens with zero attached hydrogens (tertiary/aromatic N) is 3. The molecule has 146 valence electrons. The average molecular weight is 387 g/mol. The highest BCUT2D eigenvalue weighted by atomic mass is 16.5. The van der Waals surface area contributed by atoms with Gasteiger partial charge in [-0.2, -0.15) is 0 Å². The number of rotatable bonds is 4. The van der Waals surface area contributed by atoms with Gasteiger partial charge in [0.2, 0.25) is 0 Å². The van der Waals surface area contributed by atoms with Crippen LogP contribution in [0.5, 0.6) is 11.5 Å². The standard InChI is InChI=1S/C22H17N3O3.CH4/c1-28-18-10-6-7-15(21(18)26)12-13-20-24-17-9-3-2-8-16(17)22(27)25(20)19-11-4-5-14-23-19;/h2-14,26H,1H3;1H4/b13-12+;. The largest absolute Gasteiger partial charge is 0.504 e. The lowest BCUT2D eigenvalue weighted by molar-refractivity contribution is 0.373. The molecule has 6 nitrogen and oxygen atoms in total. The average Bonchev–Trinajstić information content (AvgIpc) is 2.74. The van der Waals surface area contributed by atoms with Crippen molar-refractivity contribution < 1.29 is 9.84 Å². The molecule has 2 aromatic carbocycles. The first-order chi connectivity index (χ1) is 13.7. The van der Waals surface area contributed by atoms with Crippen molar-refractivity contribution in [1.29, 1.82) is 0 Å². The van der Waals surface area contributed by atoms with Gasteiger partial charge in [-0.3, -0.25) is 4.79 Å². The molecule has 0 aliphatic heterocycles. The Balaban J connectivity index is 0.00000240. The normalized spacial score (nSPS) is 10.8. The van der Waals surface area contributed by atoms with Crippen LogP contribution >= 0.6 is 0 Å². The third-order valence-corrected chi connectivity index (χ3v) is 4.34. The lowest BCUT2D eigenvalue weighted by Gasteiger charge is -2.10. The first kappa shape index (κ1) is 19.8. The van der Waals surface area contributed by atoms with Gasteiger partial charge in [-0.25, -0.2) is 14.5 Å². The number of aromatic nitrogens is 3. The lowest BCUT2D eigenvalue weighted by atomic mass is 10.1. The van der Waals surface area contributed by atoms with Crippen LogP contribution in [0.2, 0.25) is 0 Å². The van der Waals surface area contributed by atoms with Crippen molar-refractivity contribution in [3.05, 3.63) is 88.6 Å². The zero-order valence-electron chi connectivity index (χ0n) is 15.1. The number of methoxy groups -OCH3 is 1. The van der Waals surface area contributed by atoms with Crippen LogP contribution < -0.4 is 10.3 Å². The maximum absolute atomic E-state index is 13.1.